The van der Waals surface area contributed by atoms with Gasteiger partial charge in [0.1, 0.15) is 5.69 Å². The van der Waals surface area contributed by atoms with Gasteiger partial charge in [-0.1, -0.05) is 72.3 Å². The molecule has 0 aliphatic carbocycles. The maximum absolute atomic E-state index is 12.7. The fourth-order valence-electron chi connectivity index (χ4n) is 3.12. The third-order valence-corrected chi connectivity index (χ3v) is 4.89. The number of hydrogen-bond donors (Lipinski definition) is 0. The van der Waals surface area contributed by atoms with Crippen LogP contribution in [0.2, 0.25) is 5.15 Å². The molecule has 2 aromatic heterocycles. The van der Waals surface area contributed by atoms with Gasteiger partial charge in [-0.15, -0.1) is 0 Å². The Kier molecular flexibility index (Phi) is 4.79. The zero-order valence-corrected chi connectivity index (χ0v) is 15.9. The third kappa shape index (κ3) is 3.23. The van der Waals surface area contributed by atoms with Crippen molar-refractivity contribution >= 4 is 22.8 Å². The first-order chi connectivity index (χ1) is 13.6. The molecule has 0 spiro atoms. The molecular formula is C21H17ClN4O2. The predicted molar refractivity (Wildman–Crippen MR) is 110 cm³/mol. The quantitative estimate of drug-likeness (QED) is 0.535. The van der Waals surface area contributed by atoms with Crippen LogP contribution in [0.1, 0.15) is 5.56 Å². The van der Waals surface area contributed by atoms with Crippen molar-refractivity contribution in [2.75, 3.05) is 0 Å². The van der Waals surface area contributed by atoms with Gasteiger partial charge < -0.3 is 0 Å². The van der Waals surface area contributed by atoms with Crippen molar-refractivity contribution in [3.05, 3.63) is 92.2 Å². The molecule has 4 rings (SSSR count). The smallest absolute Gasteiger partial charge is 0.276 e. The average Bonchev–Trinajstić information content (AvgIpc) is 2.73. The highest BCUT2D eigenvalue weighted by molar-refractivity contribution is 6.32. The molecule has 0 unspecified atom stereocenters. The maximum atomic E-state index is 12.7. The summed E-state index contributed by atoms with van der Waals surface area (Å²) in [5, 5.41) is 0.153. The van der Waals surface area contributed by atoms with Gasteiger partial charge in [-0.3, -0.25) is 13.9 Å². The molecule has 0 atom stereocenters. The molecule has 0 amide bonds. The van der Waals surface area contributed by atoms with Crippen molar-refractivity contribution < 1.29 is 0 Å². The Bertz CT molecular complexity index is 1270. The van der Waals surface area contributed by atoms with E-state index < -0.39 is 11.2 Å². The van der Waals surface area contributed by atoms with Crippen LogP contribution in [0.3, 0.4) is 0 Å². The van der Waals surface area contributed by atoms with E-state index in [1.807, 2.05) is 60.7 Å². The Labute approximate surface area is 165 Å². The molecule has 6 nitrogen and oxygen atoms in total. The second kappa shape index (κ2) is 7.40. The molecular weight excluding hydrogens is 376 g/mol. The maximum Gasteiger partial charge on any atom is 0.332 e. The summed E-state index contributed by atoms with van der Waals surface area (Å²) in [5.74, 6) is 0. The minimum atomic E-state index is -0.489. The number of benzene rings is 2. The summed E-state index contributed by atoms with van der Waals surface area (Å²) in [6, 6.07) is 19.1. The molecule has 0 aliphatic rings. The number of nitrogens with zero attached hydrogens (tertiary/aromatic N) is 4. The lowest BCUT2D eigenvalue weighted by molar-refractivity contribution is 0.618. The van der Waals surface area contributed by atoms with Gasteiger partial charge in [-0.25, -0.2) is 14.8 Å². The van der Waals surface area contributed by atoms with Crippen LogP contribution in [-0.2, 0) is 20.0 Å². The highest BCUT2D eigenvalue weighted by Crippen LogP contribution is 2.25. The summed E-state index contributed by atoms with van der Waals surface area (Å²) in [7, 11) is 1.45. The van der Waals surface area contributed by atoms with Crippen LogP contribution >= 0.6 is 11.6 Å². The number of aryl methyl sites for hydroxylation is 2. The molecule has 0 saturated heterocycles. The summed E-state index contributed by atoms with van der Waals surface area (Å²) in [4.78, 5) is 34.2. The summed E-state index contributed by atoms with van der Waals surface area (Å²) >= 11 is 6.37. The molecule has 28 heavy (non-hydrogen) atoms. The largest absolute Gasteiger partial charge is 0.332 e. The van der Waals surface area contributed by atoms with Crippen molar-refractivity contribution in [1.29, 1.82) is 0 Å². The summed E-state index contributed by atoms with van der Waals surface area (Å²) < 4.78 is 2.52. The zero-order valence-electron chi connectivity index (χ0n) is 15.2. The molecule has 0 N–H and O–H groups in total. The second-order valence-corrected chi connectivity index (χ2v) is 6.79. The van der Waals surface area contributed by atoms with Crippen molar-refractivity contribution in [2.45, 2.75) is 13.0 Å². The van der Waals surface area contributed by atoms with E-state index in [0.717, 1.165) is 15.7 Å². The Morgan fingerprint density at radius 2 is 1.57 bits per heavy atom. The number of fused-ring (bicyclic) bond motifs is 1. The van der Waals surface area contributed by atoms with Crippen molar-refractivity contribution in [3.8, 4) is 11.3 Å². The zero-order chi connectivity index (χ0) is 19.7. The van der Waals surface area contributed by atoms with E-state index in [2.05, 4.69) is 9.97 Å². The molecule has 2 aromatic carbocycles. The van der Waals surface area contributed by atoms with E-state index in [-0.39, 0.29) is 16.3 Å². The number of aromatic nitrogens is 4. The van der Waals surface area contributed by atoms with Gasteiger partial charge in [0.25, 0.3) is 5.56 Å². The lowest BCUT2D eigenvalue weighted by Crippen LogP contribution is -2.39. The molecule has 0 bridgehead atoms. The van der Waals surface area contributed by atoms with Gasteiger partial charge in [-0.05, 0) is 12.0 Å². The fraction of sp³-hybridized carbons (Fsp3) is 0.143. The first-order valence-electron chi connectivity index (χ1n) is 8.82. The predicted octanol–water partition coefficient (Wildman–Crippen LogP) is 3.05. The van der Waals surface area contributed by atoms with Crippen LogP contribution in [-0.4, -0.2) is 19.1 Å². The Hall–Kier alpha value is -3.25. The van der Waals surface area contributed by atoms with E-state index in [1.165, 1.54) is 11.6 Å². The standard InChI is InChI=1S/C21H17ClN4O2/c1-25-20(27)17-19(24-18(22)16(23-17)15-10-6-3-7-11-15)26(21(25)28)13-12-14-8-4-2-5-9-14/h2-11H,12-13H2,1H3. The van der Waals surface area contributed by atoms with Gasteiger partial charge in [0, 0.05) is 19.2 Å². The van der Waals surface area contributed by atoms with E-state index in [4.69, 9.17) is 11.6 Å². The third-order valence-electron chi connectivity index (χ3n) is 4.63. The van der Waals surface area contributed by atoms with E-state index >= 15 is 0 Å². The normalized spacial score (nSPS) is 11.1. The summed E-state index contributed by atoms with van der Waals surface area (Å²) in [6.07, 6.45) is 0.619. The highest BCUT2D eigenvalue weighted by atomic mass is 35.5. The van der Waals surface area contributed by atoms with E-state index in [0.29, 0.717) is 18.7 Å². The van der Waals surface area contributed by atoms with Crippen LogP contribution in [0.25, 0.3) is 22.4 Å². The number of rotatable bonds is 4. The van der Waals surface area contributed by atoms with Gasteiger partial charge in [0.15, 0.2) is 16.3 Å². The van der Waals surface area contributed by atoms with Crippen molar-refractivity contribution in [3.63, 3.8) is 0 Å². The minimum absolute atomic E-state index is 0.124. The molecule has 0 radical (unpaired) electrons. The Morgan fingerprint density at radius 1 is 0.929 bits per heavy atom. The van der Waals surface area contributed by atoms with Gasteiger partial charge >= 0.3 is 5.69 Å². The van der Waals surface area contributed by atoms with Crippen LogP contribution in [0, 0.1) is 0 Å². The lowest BCUT2D eigenvalue weighted by Gasteiger charge is -2.12. The SMILES string of the molecule is Cn1c(=O)c2nc(-c3ccccc3)c(Cl)nc2n(CCc2ccccc2)c1=O. The Morgan fingerprint density at radius 3 is 2.25 bits per heavy atom. The van der Waals surface area contributed by atoms with Gasteiger partial charge in [0.2, 0.25) is 0 Å². The van der Waals surface area contributed by atoms with E-state index in [9.17, 15) is 9.59 Å². The molecule has 0 aliphatic heterocycles. The topological polar surface area (TPSA) is 69.8 Å². The minimum Gasteiger partial charge on any atom is -0.276 e. The monoisotopic (exact) mass is 392 g/mol. The summed E-state index contributed by atoms with van der Waals surface area (Å²) in [5.41, 5.74) is 1.65. The first-order valence-corrected chi connectivity index (χ1v) is 9.20. The first kappa shape index (κ1) is 18.1. The highest BCUT2D eigenvalue weighted by Gasteiger charge is 2.17. The molecule has 0 fully saturated rings. The van der Waals surface area contributed by atoms with Crippen molar-refractivity contribution in [2.24, 2.45) is 7.05 Å². The summed E-state index contributed by atoms with van der Waals surface area (Å²) in [6.45, 7) is 0.364. The van der Waals surface area contributed by atoms with Crippen LogP contribution in [0.4, 0.5) is 0 Å². The molecule has 0 saturated carbocycles. The molecule has 140 valence electrons. The average molecular weight is 393 g/mol. The Balaban J connectivity index is 1.89. The van der Waals surface area contributed by atoms with Crippen LogP contribution < -0.4 is 11.2 Å². The van der Waals surface area contributed by atoms with Gasteiger partial charge in [0.05, 0.1) is 0 Å². The number of halogens is 1. The van der Waals surface area contributed by atoms with Crippen molar-refractivity contribution in [1.82, 2.24) is 19.1 Å². The lowest BCUT2D eigenvalue weighted by atomic mass is 10.1. The second-order valence-electron chi connectivity index (χ2n) is 6.44. The van der Waals surface area contributed by atoms with Crippen LogP contribution in [0.15, 0.2) is 70.3 Å². The molecule has 2 heterocycles. The van der Waals surface area contributed by atoms with Gasteiger partial charge in [-0.2, -0.15) is 0 Å². The van der Waals surface area contributed by atoms with E-state index in [1.54, 1.807) is 0 Å². The molecule has 4 aromatic rings. The fourth-order valence-corrected chi connectivity index (χ4v) is 3.35. The molecule has 7 heteroatoms. The van der Waals surface area contributed by atoms with Crippen LogP contribution in [0.5, 0.6) is 0 Å². The number of hydrogen-bond acceptors (Lipinski definition) is 4.